The van der Waals surface area contributed by atoms with Crippen LogP contribution in [0.15, 0.2) is 18.2 Å². The molecule has 0 amide bonds. The highest BCUT2D eigenvalue weighted by molar-refractivity contribution is 8.01. The van der Waals surface area contributed by atoms with E-state index in [1.165, 1.54) is 30.0 Å². The van der Waals surface area contributed by atoms with E-state index in [1.807, 2.05) is 13.8 Å². The van der Waals surface area contributed by atoms with Gasteiger partial charge in [-0.25, -0.2) is 0 Å². The third kappa shape index (κ3) is 3.17. The fourth-order valence-corrected chi connectivity index (χ4v) is 3.78. The first kappa shape index (κ1) is 16.6. The van der Waals surface area contributed by atoms with Gasteiger partial charge < -0.3 is 9.84 Å². The van der Waals surface area contributed by atoms with Gasteiger partial charge in [-0.1, -0.05) is 0 Å². The molecule has 1 aromatic carbocycles. The van der Waals surface area contributed by atoms with Crippen LogP contribution in [0.4, 0.5) is 5.69 Å². The van der Waals surface area contributed by atoms with Crippen molar-refractivity contribution in [3.05, 3.63) is 33.9 Å². The van der Waals surface area contributed by atoms with Crippen LogP contribution in [0.2, 0.25) is 0 Å². The molecule has 8 heteroatoms. The number of hydrogen-bond donors (Lipinski definition) is 2. The maximum absolute atomic E-state index is 12.0. The van der Waals surface area contributed by atoms with Crippen molar-refractivity contribution in [1.82, 2.24) is 5.32 Å². The number of thioether (sulfide) groups is 1. The highest BCUT2D eigenvalue weighted by atomic mass is 32.2. The summed E-state index contributed by atoms with van der Waals surface area (Å²) in [6.07, 6.45) is 0. The second kappa shape index (κ2) is 6.13. The van der Waals surface area contributed by atoms with Crippen molar-refractivity contribution in [1.29, 1.82) is 0 Å². The Morgan fingerprint density at radius 1 is 1.55 bits per heavy atom. The average Bonchev–Trinajstić information content (AvgIpc) is 2.75. The average molecular weight is 326 g/mol. The molecule has 22 heavy (non-hydrogen) atoms. The second-order valence-electron chi connectivity index (χ2n) is 5.45. The first-order valence-corrected chi connectivity index (χ1v) is 7.72. The molecular weight excluding hydrogens is 308 g/mol. The standard InChI is InChI=1S/C14H18N2O5S/c1-4-21-13(18)11-14(2,3)22-12(15-11)9-7-8(16(19)20)5-6-10(9)17/h5-7,11-12,15,17H,4H2,1-3H3/t11-,12+/m0/s1. The number of nitro benzene ring substituents is 1. The number of non-ortho nitro benzene ring substituents is 1. The number of aromatic hydroxyl groups is 1. The smallest absolute Gasteiger partial charge is 0.324 e. The Labute approximate surface area is 132 Å². The summed E-state index contributed by atoms with van der Waals surface area (Å²) in [6, 6.07) is 3.30. The zero-order chi connectivity index (χ0) is 16.5. The third-order valence-electron chi connectivity index (χ3n) is 3.46. The Hall–Kier alpha value is -1.80. The van der Waals surface area contributed by atoms with Gasteiger partial charge in [0.15, 0.2) is 0 Å². The molecule has 1 aliphatic rings. The van der Waals surface area contributed by atoms with Crippen molar-refractivity contribution < 1.29 is 19.6 Å². The summed E-state index contributed by atoms with van der Waals surface area (Å²) in [6.45, 7) is 5.79. The van der Waals surface area contributed by atoms with Crippen LogP contribution in [0, 0.1) is 10.1 Å². The summed E-state index contributed by atoms with van der Waals surface area (Å²) in [7, 11) is 0. The number of phenolic OH excluding ortho intramolecular Hbond substituents is 1. The second-order valence-corrected chi connectivity index (χ2v) is 7.21. The summed E-state index contributed by atoms with van der Waals surface area (Å²) in [5, 5.41) is 23.5. The number of carbonyl (C=O) groups excluding carboxylic acids is 1. The maximum atomic E-state index is 12.0. The Morgan fingerprint density at radius 3 is 2.82 bits per heavy atom. The molecular formula is C14H18N2O5S. The van der Waals surface area contributed by atoms with Gasteiger partial charge in [0.25, 0.3) is 5.69 Å². The number of esters is 1. The van der Waals surface area contributed by atoms with Crippen LogP contribution in [0.5, 0.6) is 5.75 Å². The number of ether oxygens (including phenoxy) is 1. The van der Waals surface area contributed by atoms with Crippen molar-refractivity contribution >= 4 is 23.4 Å². The molecule has 1 saturated heterocycles. The lowest BCUT2D eigenvalue weighted by Crippen LogP contribution is -2.44. The van der Waals surface area contributed by atoms with Crippen LogP contribution in [0.3, 0.4) is 0 Å². The monoisotopic (exact) mass is 326 g/mol. The number of nitrogens with zero attached hydrogens (tertiary/aromatic N) is 1. The molecule has 0 radical (unpaired) electrons. The molecule has 2 atom stereocenters. The van der Waals surface area contributed by atoms with Gasteiger partial charge in [-0.15, -0.1) is 11.8 Å². The van der Waals surface area contributed by atoms with E-state index in [-0.39, 0.29) is 24.0 Å². The molecule has 0 bridgehead atoms. The molecule has 7 nitrogen and oxygen atoms in total. The van der Waals surface area contributed by atoms with Gasteiger partial charge in [0.1, 0.15) is 11.8 Å². The highest BCUT2D eigenvalue weighted by Gasteiger charge is 2.47. The van der Waals surface area contributed by atoms with E-state index < -0.39 is 21.1 Å². The molecule has 2 N–H and O–H groups in total. The van der Waals surface area contributed by atoms with Crippen molar-refractivity contribution in [3.8, 4) is 5.75 Å². The molecule has 1 aromatic rings. The van der Waals surface area contributed by atoms with Gasteiger partial charge in [0.2, 0.25) is 0 Å². The van der Waals surface area contributed by atoms with E-state index in [0.717, 1.165) is 0 Å². The Kier molecular flexibility index (Phi) is 4.62. The summed E-state index contributed by atoms with van der Waals surface area (Å²) in [5.41, 5.74) is 0.284. The number of nitrogens with one attached hydrogen (secondary N) is 1. The van der Waals surface area contributed by atoms with E-state index >= 15 is 0 Å². The molecule has 0 aliphatic carbocycles. The zero-order valence-electron chi connectivity index (χ0n) is 12.5. The van der Waals surface area contributed by atoms with Gasteiger partial charge in [-0.3, -0.25) is 20.2 Å². The minimum Gasteiger partial charge on any atom is -0.508 e. The summed E-state index contributed by atoms with van der Waals surface area (Å²) in [4.78, 5) is 22.4. The van der Waals surface area contributed by atoms with Gasteiger partial charge in [0, 0.05) is 22.4 Å². The number of nitro groups is 1. The Morgan fingerprint density at radius 2 is 2.23 bits per heavy atom. The molecule has 120 valence electrons. The van der Waals surface area contributed by atoms with Crippen LogP contribution < -0.4 is 5.32 Å². The van der Waals surface area contributed by atoms with Crippen molar-refractivity contribution in [3.63, 3.8) is 0 Å². The minimum absolute atomic E-state index is 0.0455. The molecule has 0 saturated carbocycles. The SMILES string of the molecule is CCOC(=O)[C@@H]1N[C@@H](c2cc([N+](=O)[O-])ccc2O)SC1(C)C. The van der Waals surface area contributed by atoms with E-state index in [1.54, 1.807) is 6.92 Å². The molecule has 0 aromatic heterocycles. The summed E-state index contributed by atoms with van der Waals surface area (Å²) in [5.74, 6) is -0.414. The number of phenols is 1. The minimum atomic E-state index is -0.555. The summed E-state index contributed by atoms with van der Waals surface area (Å²) < 4.78 is 4.59. The van der Waals surface area contributed by atoms with Gasteiger partial charge in [-0.2, -0.15) is 0 Å². The van der Waals surface area contributed by atoms with Crippen LogP contribution in [0.1, 0.15) is 31.7 Å². The summed E-state index contributed by atoms with van der Waals surface area (Å²) >= 11 is 1.42. The lowest BCUT2D eigenvalue weighted by molar-refractivity contribution is -0.384. The Balaban J connectivity index is 2.30. The predicted molar refractivity (Wildman–Crippen MR) is 82.7 cm³/mol. The number of carbonyl (C=O) groups is 1. The van der Waals surface area contributed by atoms with E-state index in [4.69, 9.17) is 4.74 Å². The van der Waals surface area contributed by atoms with E-state index in [9.17, 15) is 20.0 Å². The zero-order valence-corrected chi connectivity index (χ0v) is 13.3. The first-order chi connectivity index (χ1) is 10.3. The largest absolute Gasteiger partial charge is 0.508 e. The van der Waals surface area contributed by atoms with Crippen molar-refractivity contribution in [2.75, 3.05) is 6.61 Å². The molecule has 1 aliphatic heterocycles. The quantitative estimate of drug-likeness (QED) is 0.497. The van der Waals surface area contributed by atoms with Crippen LogP contribution in [-0.4, -0.2) is 33.4 Å². The van der Waals surface area contributed by atoms with Gasteiger partial charge in [0.05, 0.1) is 16.9 Å². The maximum Gasteiger partial charge on any atom is 0.324 e. The molecule has 0 spiro atoms. The lowest BCUT2D eigenvalue weighted by Gasteiger charge is -2.22. The van der Waals surface area contributed by atoms with Crippen LogP contribution in [-0.2, 0) is 9.53 Å². The highest BCUT2D eigenvalue weighted by Crippen LogP contribution is 2.48. The van der Waals surface area contributed by atoms with Gasteiger partial charge in [-0.05, 0) is 26.8 Å². The van der Waals surface area contributed by atoms with Crippen LogP contribution in [0.25, 0.3) is 0 Å². The fourth-order valence-electron chi connectivity index (χ4n) is 2.35. The predicted octanol–water partition coefficient (Wildman–Crippen LogP) is 2.35. The van der Waals surface area contributed by atoms with Crippen molar-refractivity contribution in [2.24, 2.45) is 0 Å². The van der Waals surface area contributed by atoms with E-state index in [2.05, 4.69) is 5.32 Å². The third-order valence-corrected chi connectivity index (χ3v) is 4.93. The van der Waals surface area contributed by atoms with E-state index in [0.29, 0.717) is 5.56 Å². The number of benzene rings is 1. The van der Waals surface area contributed by atoms with Gasteiger partial charge >= 0.3 is 5.97 Å². The molecule has 0 unspecified atom stereocenters. The molecule has 1 fully saturated rings. The normalized spacial score (nSPS) is 23.2. The van der Waals surface area contributed by atoms with Crippen molar-refractivity contribution in [2.45, 2.75) is 36.9 Å². The first-order valence-electron chi connectivity index (χ1n) is 6.84. The fraction of sp³-hybridized carbons (Fsp3) is 0.500. The lowest BCUT2D eigenvalue weighted by atomic mass is 10.0. The van der Waals surface area contributed by atoms with Crippen LogP contribution >= 0.6 is 11.8 Å². The number of rotatable bonds is 4. The topological polar surface area (TPSA) is 102 Å². The Bertz CT molecular complexity index is 605. The number of hydrogen-bond acceptors (Lipinski definition) is 7. The molecule has 2 rings (SSSR count). The molecule has 1 heterocycles.